The van der Waals surface area contributed by atoms with Gasteiger partial charge >= 0.3 is 0 Å². The van der Waals surface area contributed by atoms with E-state index >= 15 is 0 Å². The average Bonchev–Trinajstić information content (AvgIpc) is 2.63. The van der Waals surface area contributed by atoms with Crippen LogP contribution in [0, 0.1) is 0 Å². The molecule has 0 aromatic carbocycles. The topological polar surface area (TPSA) is 12.0 Å². The van der Waals surface area contributed by atoms with E-state index in [1.54, 1.807) is 0 Å². The minimum absolute atomic E-state index is 0.167. The first-order chi connectivity index (χ1) is 7.34. The zero-order valence-electron chi connectivity index (χ0n) is 10.1. The zero-order chi connectivity index (χ0) is 10.9. The third kappa shape index (κ3) is 5.50. The molecule has 0 bridgehead atoms. The highest BCUT2D eigenvalue weighted by atomic mass is 19.1. The van der Waals surface area contributed by atoms with Gasteiger partial charge in [-0.15, -0.1) is 0 Å². The van der Waals surface area contributed by atoms with Crippen LogP contribution >= 0.6 is 0 Å². The maximum atomic E-state index is 13.2. The number of unbranched alkanes of at least 4 members (excludes halogenated alkanes) is 5. The number of alkyl halides is 1. The Hall–Kier alpha value is -0.110. The van der Waals surface area contributed by atoms with E-state index in [2.05, 4.69) is 12.2 Å². The molecule has 0 aromatic rings. The van der Waals surface area contributed by atoms with Crippen LogP contribution < -0.4 is 5.32 Å². The number of nitrogens with one attached hydrogen (secondary N) is 1. The van der Waals surface area contributed by atoms with Crippen LogP contribution in [0.3, 0.4) is 0 Å². The van der Waals surface area contributed by atoms with Crippen molar-refractivity contribution in [2.24, 2.45) is 0 Å². The van der Waals surface area contributed by atoms with Crippen LogP contribution in [0.5, 0.6) is 0 Å². The van der Waals surface area contributed by atoms with Crippen LogP contribution in [0.1, 0.15) is 64.7 Å². The summed E-state index contributed by atoms with van der Waals surface area (Å²) in [6.07, 6.45) is 10.2. The first kappa shape index (κ1) is 13.0. The lowest BCUT2D eigenvalue weighted by Gasteiger charge is -2.14. The molecular formula is C13H26FN. The van der Waals surface area contributed by atoms with Crippen LogP contribution in [-0.4, -0.2) is 18.8 Å². The molecule has 90 valence electrons. The van der Waals surface area contributed by atoms with Crippen molar-refractivity contribution in [3.8, 4) is 0 Å². The SMILES string of the molecule is CCCCCCCCN[C@@H]1CCC[C@H]1F. The van der Waals surface area contributed by atoms with Gasteiger partial charge in [-0.25, -0.2) is 4.39 Å². The molecule has 0 aromatic heterocycles. The molecule has 1 nitrogen and oxygen atoms in total. The number of hydrogen-bond donors (Lipinski definition) is 1. The van der Waals surface area contributed by atoms with Crippen molar-refractivity contribution in [2.75, 3.05) is 6.54 Å². The lowest BCUT2D eigenvalue weighted by Crippen LogP contribution is -2.34. The molecule has 1 N–H and O–H groups in total. The van der Waals surface area contributed by atoms with Gasteiger partial charge < -0.3 is 5.32 Å². The highest BCUT2D eigenvalue weighted by Crippen LogP contribution is 2.21. The summed E-state index contributed by atoms with van der Waals surface area (Å²) in [5, 5.41) is 3.35. The average molecular weight is 215 g/mol. The second-order valence-electron chi connectivity index (χ2n) is 4.78. The largest absolute Gasteiger partial charge is 0.311 e. The molecule has 0 heterocycles. The Morgan fingerprint density at radius 1 is 1.07 bits per heavy atom. The molecule has 0 amide bonds. The van der Waals surface area contributed by atoms with E-state index in [4.69, 9.17) is 0 Å². The Bertz CT molecular complexity index is 149. The van der Waals surface area contributed by atoms with Crippen LogP contribution in [0.4, 0.5) is 4.39 Å². The predicted octanol–water partition coefficient (Wildman–Crippen LogP) is 3.83. The Labute approximate surface area is 93.8 Å². The molecule has 2 atom stereocenters. The first-order valence-corrected chi connectivity index (χ1v) is 6.72. The van der Waals surface area contributed by atoms with E-state index in [1.165, 1.54) is 38.5 Å². The van der Waals surface area contributed by atoms with E-state index < -0.39 is 6.17 Å². The van der Waals surface area contributed by atoms with E-state index in [0.29, 0.717) is 0 Å². The molecule has 1 rings (SSSR count). The van der Waals surface area contributed by atoms with Gasteiger partial charge in [0.1, 0.15) is 6.17 Å². The zero-order valence-corrected chi connectivity index (χ0v) is 10.1. The molecule has 0 spiro atoms. The van der Waals surface area contributed by atoms with E-state index in [-0.39, 0.29) is 6.04 Å². The molecule has 15 heavy (non-hydrogen) atoms. The molecule has 1 aliphatic carbocycles. The Morgan fingerprint density at radius 3 is 2.47 bits per heavy atom. The molecule has 1 fully saturated rings. The van der Waals surface area contributed by atoms with Gasteiger partial charge in [-0.3, -0.25) is 0 Å². The molecule has 1 saturated carbocycles. The maximum absolute atomic E-state index is 13.2. The van der Waals surface area contributed by atoms with E-state index in [9.17, 15) is 4.39 Å². The summed E-state index contributed by atoms with van der Waals surface area (Å²) in [4.78, 5) is 0. The number of rotatable bonds is 8. The van der Waals surface area contributed by atoms with E-state index in [1.807, 2.05) is 0 Å². The van der Waals surface area contributed by atoms with Crippen molar-refractivity contribution in [1.82, 2.24) is 5.32 Å². The molecular weight excluding hydrogens is 189 g/mol. The van der Waals surface area contributed by atoms with Gasteiger partial charge in [-0.1, -0.05) is 39.0 Å². The summed E-state index contributed by atoms with van der Waals surface area (Å²) >= 11 is 0. The predicted molar refractivity (Wildman–Crippen MR) is 63.9 cm³/mol. The van der Waals surface area contributed by atoms with Gasteiger partial charge in [0.2, 0.25) is 0 Å². The highest BCUT2D eigenvalue weighted by Gasteiger charge is 2.25. The second-order valence-corrected chi connectivity index (χ2v) is 4.78. The normalized spacial score (nSPS) is 26.0. The monoisotopic (exact) mass is 215 g/mol. The minimum atomic E-state index is -0.579. The fraction of sp³-hybridized carbons (Fsp3) is 1.00. The summed E-state index contributed by atoms with van der Waals surface area (Å²) in [5.41, 5.74) is 0. The molecule has 2 heteroatoms. The Morgan fingerprint density at radius 2 is 1.80 bits per heavy atom. The van der Waals surface area contributed by atoms with Crippen LogP contribution in [0.2, 0.25) is 0 Å². The van der Waals surface area contributed by atoms with Crippen molar-refractivity contribution in [2.45, 2.75) is 76.9 Å². The standard InChI is InChI=1S/C13H26FN/c1-2-3-4-5-6-7-11-15-13-10-8-9-12(13)14/h12-13,15H,2-11H2,1H3/t12-,13-/m1/s1. The molecule has 0 unspecified atom stereocenters. The van der Waals surface area contributed by atoms with Gasteiger partial charge in [0.15, 0.2) is 0 Å². The first-order valence-electron chi connectivity index (χ1n) is 6.72. The second kappa shape index (κ2) is 8.09. The van der Waals surface area contributed by atoms with Gasteiger partial charge in [-0.05, 0) is 32.2 Å². The fourth-order valence-corrected chi connectivity index (χ4v) is 2.34. The third-order valence-electron chi connectivity index (χ3n) is 3.37. The van der Waals surface area contributed by atoms with Crippen molar-refractivity contribution >= 4 is 0 Å². The van der Waals surface area contributed by atoms with Crippen molar-refractivity contribution < 1.29 is 4.39 Å². The summed E-state index contributed by atoms with van der Waals surface area (Å²) in [7, 11) is 0. The summed E-state index contributed by atoms with van der Waals surface area (Å²) in [6, 6.07) is 0.167. The van der Waals surface area contributed by atoms with Gasteiger partial charge in [0.25, 0.3) is 0 Å². The van der Waals surface area contributed by atoms with Crippen molar-refractivity contribution in [3.63, 3.8) is 0 Å². The molecule has 0 saturated heterocycles. The molecule has 0 aliphatic heterocycles. The Kier molecular flexibility index (Phi) is 6.99. The van der Waals surface area contributed by atoms with Gasteiger partial charge in [0.05, 0.1) is 0 Å². The lowest BCUT2D eigenvalue weighted by molar-refractivity contribution is 0.279. The fourth-order valence-electron chi connectivity index (χ4n) is 2.34. The minimum Gasteiger partial charge on any atom is -0.311 e. The molecule has 1 aliphatic rings. The maximum Gasteiger partial charge on any atom is 0.115 e. The van der Waals surface area contributed by atoms with E-state index in [0.717, 1.165) is 25.8 Å². The lowest BCUT2D eigenvalue weighted by atomic mass is 10.1. The number of halogens is 1. The quantitative estimate of drug-likeness (QED) is 0.607. The van der Waals surface area contributed by atoms with Gasteiger partial charge in [-0.2, -0.15) is 0 Å². The smallest absolute Gasteiger partial charge is 0.115 e. The van der Waals surface area contributed by atoms with Crippen LogP contribution in [0.15, 0.2) is 0 Å². The van der Waals surface area contributed by atoms with Crippen molar-refractivity contribution in [1.29, 1.82) is 0 Å². The summed E-state index contributed by atoms with van der Waals surface area (Å²) in [5.74, 6) is 0. The van der Waals surface area contributed by atoms with Gasteiger partial charge in [0, 0.05) is 6.04 Å². The Balaban J connectivity index is 1.84. The number of hydrogen-bond acceptors (Lipinski definition) is 1. The van der Waals surface area contributed by atoms with Crippen LogP contribution in [0.25, 0.3) is 0 Å². The summed E-state index contributed by atoms with van der Waals surface area (Å²) in [6.45, 7) is 3.25. The summed E-state index contributed by atoms with van der Waals surface area (Å²) < 4.78 is 13.2. The molecule has 0 radical (unpaired) electrons. The van der Waals surface area contributed by atoms with Crippen molar-refractivity contribution in [3.05, 3.63) is 0 Å². The third-order valence-corrected chi connectivity index (χ3v) is 3.37. The highest BCUT2D eigenvalue weighted by molar-refractivity contribution is 4.82. The van der Waals surface area contributed by atoms with Crippen LogP contribution in [-0.2, 0) is 0 Å².